The molecule has 0 aromatic heterocycles. The Morgan fingerprint density at radius 2 is 0.837 bits per heavy atom. The quantitative estimate of drug-likeness (QED) is 0.103. The molecule has 3 aromatic carbocycles. The normalized spacial score (nSPS) is 19.7. The molecule has 17 nitrogen and oxygen atoms in total. The number of carbonyl (C=O) groups is 3. The molecule has 0 spiro atoms. The highest BCUT2D eigenvalue weighted by Gasteiger charge is 2.47. The van der Waals surface area contributed by atoms with E-state index in [0.717, 1.165) is 12.1 Å². The average Bonchev–Trinajstić information content (AvgIpc) is 2.95. The van der Waals surface area contributed by atoms with Crippen LogP contribution in [0.2, 0.25) is 0 Å². The topological polar surface area (TPSA) is 290 Å². The number of hydrogen-bond donors (Lipinski definition) is 10. The second-order valence-electron chi connectivity index (χ2n) is 9.00. The third-order valence-electron chi connectivity index (χ3n) is 6.06. The van der Waals surface area contributed by atoms with E-state index in [1.54, 1.807) is 0 Å². The van der Waals surface area contributed by atoms with Gasteiger partial charge in [0.2, 0.25) is 0 Å². The number of phenolic OH excluding ortho intramolecular Hbond substituents is 9. The number of benzene rings is 3. The van der Waals surface area contributed by atoms with E-state index in [1.165, 1.54) is 0 Å². The molecule has 3 aromatic rings. The highest BCUT2D eigenvalue weighted by Crippen LogP contribution is 2.38. The Morgan fingerprint density at radius 1 is 0.535 bits per heavy atom. The molecule has 1 unspecified atom stereocenters. The second kappa shape index (κ2) is 11.6. The van der Waals surface area contributed by atoms with Crippen molar-refractivity contribution in [3.63, 3.8) is 0 Å². The van der Waals surface area contributed by atoms with Gasteiger partial charge in [0.1, 0.15) is 0 Å². The zero-order valence-corrected chi connectivity index (χ0v) is 21.3. The third-order valence-corrected chi connectivity index (χ3v) is 6.06. The van der Waals surface area contributed by atoms with E-state index >= 15 is 0 Å². The van der Waals surface area contributed by atoms with Gasteiger partial charge in [-0.3, -0.25) is 0 Å². The number of rotatable bonds is 6. The molecule has 1 fully saturated rings. The highest BCUT2D eigenvalue weighted by molar-refractivity contribution is 5.93. The number of carbonyl (C=O) groups excluding carboxylic acids is 3. The Labute approximate surface area is 238 Å². The van der Waals surface area contributed by atoms with Gasteiger partial charge in [0.15, 0.2) is 76.3 Å². The fraction of sp³-hybridized carbons (Fsp3) is 0.192. The summed E-state index contributed by atoms with van der Waals surface area (Å²) in [7, 11) is 0. The van der Waals surface area contributed by atoms with Crippen molar-refractivity contribution in [1.82, 2.24) is 0 Å². The summed E-state index contributed by atoms with van der Waals surface area (Å²) >= 11 is 0. The smallest absolute Gasteiger partial charge is 0.339 e. The molecule has 1 saturated heterocycles. The van der Waals surface area contributed by atoms with Crippen LogP contribution in [0.15, 0.2) is 36.4 Å². The SMILES string of the molecule is O=C(O[C@@H]1[C@H](OC(=O)c2cc(O)c(O)c(O)c2)COC(O)[C@@H]1OC(=O)c1cc(O)c(O)c(O)c1)c1cc(O)c(O)c(O)c1. The first kappa shape index (κ1) is 30.2. The molecule has 0 bridgehead atoms. The van der Waals surface area contributed by atoms with Crippen LogP contribution in [-0.2, 0) is 18.9 Å². The largest absolute Gasteiger partial charge is 0.504 e. The predicted octanol–water partition coefficient (Wildman–Crippen LogP) is 0.362. The van der Waals surface area contributed by atoms with E-state index in [1.807, 2.05) is 0 Å². The number of esters is 3. The molecule has 1 aliphatic rings. The lowest BCUT2D eigenvalue weighted by atomic mass is 10.0. The monoisotopic (exact) mass is 606 g/mol. The summed E-state index contributed by atoms with van der Waals surface area (Å²) < 4.78 is 20.9. The van der Waals surface area contributed by atoms with Gasteiger partial charge in [-0.2, -0.15) is 0 Å². The fourth-order valence-electron chi connectivity index (χ4n) is 3.88. The summed E-state index contributed by atoms with van der Waals surface area (Å²) in [5, 5.41) is 97.5. The lowest BCUT2D eigenvalue weighted by molar-refractivity contribution is -0.251. The Morgan fingerprint density at radius 3 is 1.19 bits per heavy atom. The Balaban J connectivity index is 1.68. The van der Waals surface area contributed by atoms with Gasteiger partial charge in [0, 0.05) is 0 Å². The summed E-state index contributed by atoms with van der Waals surface area (Å²) in [4.78, 5) is 38.6. The van der Waals surface area contributed by atoms with Gasteiger partial charge in [-0.05, 0) is 36.4 Å². The van der Waals surface area contributed by atoms with Crippen molar-refractivity contribution in [2.45, 2.75) is 24.6 Å². The van der Waals surface area contributed by atoms with Crippen molar-refractivity contribution in [2.75, 3.05) is 6.61 Å². The maximum Gasteiger partial charge on any atom is 0.339 e. The number of aromatic hydroxyl groups is 9. The summed E-state index contributed by atoms with van der Waals surface area (Å²) in [5.74, 6) is -12.4. The lowest BCUT2D eigenvalue weighted by Crippen LogP contribution is -2.57. The Hall–Kier alpha value is -5.81. The molecular formula is C26H22O17. The predicted molar refractivity (Wildman–Crippen MR) is 134 cm³/mol. The van der Waals surface area contributed by atoms with Gasteiger partial charge in [0.05, 0.1) is 23.3 Å². The molecule has 10 N–H and O–H groups in total. The molecule has 0 radical (unpaired) electrons. The van der Waals surface area contributed by atoms with Crippen molar-refractivity contribution in [3.8, 4) is 51.7 Å². The number of ether oxygens (including phenoxy) is 4. The highest BCUT2D eigenvalue weighted by atomic mass is 16.7. The van der Waals surface area contributed by atoms with E-state index in [9.17, 15) is 65.4 Å². The van der Waals surface area contributed by atoms with E-state index in [-0.39, 0.29) is 0 Å². The molecule has 4 atom stereocenters. The molecule has 17 heteroatoms. The Kier molecular flexibility index (Phi) is 8.13. The van der Waals surface area contributed by atoms with Crippen molar-refractivity contribution < 1.29 is 84.4 Å². The maximum atomic E-state index is 13.0. The van der Waals surface area contributed by atoms with Crippen LogP contribution in [0.1, 0.15) is 31.1 Å². The van der Waals surface area contributed by atoms with Gasteiger partial charge in [-0.1, -0.05) is 0 Å². The number of aliphatic hydroxyl groups excluding tert-OH is 1. The van der Waals surface area contributed by atoms with Crippen LogP contribution < -0.4 is 0 Å². The standard InChI is InChI=1S/C26H22O17/c27-11-1-8(2-12(28)18(11)33)23(36)41-17-7-40-26(39)22(43-25(38)10-5-15(31)20(35)16(32)6-10)21(17)42-24(37)9-3-13(29)19(34)14(30)4-9/h1-6,17,21-22,26-35,39H,7H2/t17-,21-,22-,26?/m1/s1. The minimum Gasteiger partial charge on any atom is -0.504 e. The molecule has 0 aliphatic carbocycles. The summed E-state index contributed by atoms with van der Waals surface area (Å²) in [6.45, 7) is -0.707. The first-order valence-electron chi connectivity index (χ1n) is 11.8. The van der Waals surface area contributed by atoms with E-state index in [4.69, 9.17) is 18.9 Å². The van der Waals surface area contributed by atoms with Crippen LogP contribution in [0, 0.1) is 0 Å². The molecule has 43 heavy (non-hydrogen) atoms. The first-order chi connectivity index (χ1) is 20.2. The van der Waals surface area contributed by atoms with Gasteiger partial charge in [-0.15, -0.1) is 0 Å². The van der Waals surface area contributed by atoms with Crippen LogP contribution in [0.25, 0.3) is 0 Å². The molecule has 228 valence electrons. The Bertz CT molecular complexity index is 1530. The van der Waals surface area contributed by atoms with Gasteiger partial charge < -0.3 is 70.0 Å². The van der Waals surface area contributed by atoms with Crippen molar-refractivity contribution in [1.29, 1.82) is 0 Å². The molecule has 0 saturated carbocycles. The summed E-state index contributed by atoms with van der Waals surface area (Å²) in [5.41, 5.74) is -1.64. The van der Waals surface area contributed by atoms with E-state index in [2.05, 4.69) is 0 Å². The zero-order chi connectivity index (χ0) is 31.7. The second-order valence-corrected chi connectivity index (χ2v) is 9.00. The first-order valence-corrected chi connectivity index (χ1v) is 11.8. The van der Waals surface area contributed by atoms with E-state index < -0.39 is 118 Å². The summed E-state index contributed by atoms with van der Waals surface area (Å²) in [6.07, 6.45) is -7.71. The minimum absolute atomic E-state index is 0.513. The molecular weight excluding hydrogens is 584 g/mol. The van der Waals surface area contributed by atoms with Gasteiger partial charge >= 0.3 is 17.9 Å². The van der Waals surface area contributed by atoms with Crippen LogP contribution in [0.3, 0.4) is 0 Å². The maximum absolute atomic E-state index is 13.0. The molecule has 1 heterocycles. The average molecular weight is 606 g/mol. The molecule has 4 rings (SSSR count). The number of hydrogen-bond acceptors (Lipinski definition) is 17. The van der Waals surface area contributed by atoms with Crippen LogP contribution in [0.4, 0.5) is 0 Å². The third kappa shape index (κ3) is 6.11. The van der Waals surface area contributed by atoms with Crippen LogP contribution >= 0.6 is 0 Å². The molecule has 1 aliphatic heterocycles. The van der Waals surface area contributed by atoms with Crippen molar-refractivity contribution in [2.24, 2.45) is 0 Å². The lowest BCUT2D eigenvalue weighted by Gasteiger charge is -2.38. The van der Waals surface area contributed by atoms with Crippen molar-refractivity contribution in [3.05, 3.63) is 53.1 Å². The van der Waals surface area contributed by atoms with Gasteiger partial charge in [-0.25, -0.2) is 14.4 Å². The minimum atomic E-state index is -2.06. The zero-order valence-electron chi connectivity index (χ0n) is 21.3. The van der Waals surface area contributed by atoms with Gasteiger partial charge in [0.25, 0.3) is 0 Å². The van der Waals surface area contributed by atoms with Crippen LogP contribution in [-0.4, -0.2) is 100 Å². The van der Waals surface area contributed by atoms with Crippen LogP contribution in [0.5, 0.6) is 51.7 Å². The fourth-order valence-corrected chi connectivity index (χ4v) is 3.88. The number of phenols is 9. The molecule has 0 amide bonds. The van der Waals surface area contributed by atoms with E-state index in [0.29, 0.717) is 24.3 Å². The number of aliphatic hydroxyl groups is 1. The van der Waals surface area contributed by atoms with Crippen molar-refractivity contribution >= 4 is 17.9 Å². The summed E-state index contributed by atoms with van der Waals surface area (Å²) in [6, 6.07) is 4.22.